The van der Waals surface area contributed by atoms with E-state index in [0.717, 1.165) is 17.9 Å². The van der Waals surface area contributed by atoms with Gasteiger partial charge in [0.25, 0.3) is 0 Å². The highest BCUT2D eigenvalue weighted by Crippen LogP contribution is 2.24. The lowest BCUT2D eigenvalue weighted by Crippen LogP contribution is -2.26. The molecule has 0 bridgehead atoms. The van der Waals surface area contributed by atoms with E-state index in [1.54, 1.807) is 18.3 Å². The van der Waals surface area contributed by atoms with E-state index in [0.29, 0.717) is 18.7 Å². The van der Waals surface area contributed by atoms with Crippen molar-refractivity contribution in [3.63, 3.8) is 0 Å². The van der Waals surface area contributed by atoms with Gasteiger partial charge in [0.15, 0.2) is 0 Å². The van der Waals surface area contributed by atoms with Crippen molar-refractivity contribution in [2.24, 2.45) is 0 Å². The highest BCUT2D eigenvalue weighted by Gasteiger charge is 2.19. The van der Waals surface area contributed by atoms with Crippen LogP contribution >= 0.6 is 0 Å². The molecule has 0 aliphatic carbocycles. The van der Waals surface area contributed by atoms with Crippen LogP contribution in [0.4, 0.5) is 0 Å². The minimum absolute atomic E-state index is 0.175. The highest BCUT2D eigenvalue weighted by molar-refractivity contribution is 7.89. The minimum atomic E-state index is -3.58. The van der Waals surface area contributed by atoms with Gasteiger partial charge in [-0.3, -0.25) is 0 Å². The summed E-state index contributed by atoms with van der Waals surface area (Å²) < 4.78 is 34.5. The zero-order valence-electron chi connectivity index (χ0n) is 13.0. The molecule has 2 aromatic rings. The maximum absolute atomic E-state index is 12.4. The fraction of sp³-hybridized carbons (Fsp3) is 0.400. The average Bonchev–Trinajstić information content (AvgIpc) is 2.89. The molecule has 22 heavy (non-hydrogen) atoms. The molecule has 0 atom stereocenters. The van der Waals surface area contributed by atoms with E-state index in [1.807, 2.05) is 30.7 Å². The second-order valence-corrected chi connectivity index (χ2v) is 6.81. The Kier molecular flexibility index (Phi) is 5.20. The molecular weight excluding hydrogens is 302 g/mol. The SMILES string of the molecule is COc1ccc(C)cc1S(=O)(=O)NCCCn1ccnc1C. The van der Waals surface area contributed by atoms with Gasteiger partial charge in [0.2, 0.25) is 10.0 Å². The first-order valence-corrected chi connectivity index (χ1v) is 8.54. The molecule has 1 heterocycles. The number of hydrogen-bond acceptors (Lipinski definition) is 4. The Labute approximate surface area is 131 Å². The number of nitrogens with zero attached hydrogens (tertiary/aromatic N) is 2. The number of nitrogens with one attached hydrogen (secondary N) is 1. The first-order valence-electron chi connectivity index (χ1n) is 7.06. The van der Waals surface area contributed by atoms with Gasteiger partial charge in [-0.1, -0.05) is 6.07 Å². The van der Waals surface area contributed by atoms with Gasteiger partial charge in [-0.2, -0.15) is 0 Å². The molecule has 7 heteroatoms. The zero-order chi connectivity index (χ0) is 16.2. The monoisotopic (exact) mass is 323 g/mol. The largest absolute Gasteiger partial charge is 0.495 e. The van der Waals surface area contributed by atoms with E-state index < -0.39 is 10.0 Å². The molecule has 0 aliphatic rings. The van der Waals surface area contributed by atoms with Crippen molar-refractivity contribution in [3.05, 3.63) is 42.0 Å². The Bertz CT molecular complexity index is 738. The maximum Gasteiger partial charge on any atom is 0.244 e. The van der Waals surface area contributed by atoms with Crippen molar-refractivity contribution >= 4 is 10.0 Å². The Hall–Kier alpha value is -1.86. The van der Waals surface area contributed by atoms with Crippen LogP contribution in [0.15, 0.2) is 35.5 Å². The number of rotatable bonds is 7. The van der Waals surface area contributed by atoms with E-state index in [2.05, 4.69) is 9.71 Å². The van der Waals surface area contributed by atoms with Crippen LogP contribution in [0.3, 0.4) is 0 Å². The normalized spacial score (nSPS) is 11.6. The third kappa shape index (κ3) is 3.86. The summed E-state index contributed by atoms with van der Waals surface area (Å²) in [5.74, 6) is 1.27. The third-order valence-electron chi connectivity index (χ3n) is 3.40. The van der Waals surface area contributed by atoms with Gasteiger partial charge in [-0.05, 0) is 38.0 Å². The van der Waals surface area contributed by atoms with Crippen LogP contribution in [0.25, 0.3) is 0 Å². The summed E-state index contributed by atoms with van der Waals surface area (Å²) in [6, 6.07) is 5.10. The van der Waals surface area contributed by atoms with Crippen molar-refractivity contribution in [2.75, 3.05) is 13.7 Å². The molecular formula is C15H21N3O3S. The lowest BCUT2D eigenvalue weighted by molar-refractivity contribution is 0.402. The number of hydrogen-bond donors (Lipinski definition) is 1. The Morgan fingerprint density at radius 2 is 2.09 bits per heavy atom. The van der Waals surface area contributed by atoms with Crippen LogP contribution in [-0.4, -0.2) is 31.6 Å². The predicted octanol–water partition coefficient (Wildman–Crippen LogP) is 1.88. The second kappa shape index (κ2) is 6.93. The third-order valence-corrected chi connectivity index (χ3v) is 4.88. The van der Waals surface area contributed by atoms with E-state index in [-0.39, 0.29) is 4.90 Å². The van der Waals surface area contributed by atoms with Gasteiger partial charge in [-0.15, -0.1) is 0 Å². The molecule has 0 radical (unpaired) electrons. The number of imidazole rings is 1. The first kappa shape index (κ1) is 16.5. The van der Waals surface area contributed by atoms with Gasteiger partial charge < -0.3 is 9.30 Å². The van der Waals surface area contributed by atoms with Gasteiger partial charge >= 0.3 is 0 Å². The fourth-order valence-electron chi connectivity index (χ4n) is 2.17. The van der Waals surface area contributed by atoms with E-state index >= 15 is 0 Å². The lowest BCUT2D eigenvalue weighted by Gasteiger charge is -2.12. The Balaban J connectivity index is 1.99. The smallest absolute Gasteiger partial charge is 0.244 e. The van der Waals surface area contributed by atoms with Crippen molar-refractivity contribution in [3.8, 4) is 5.75 Å². The van der Waals surface area contributed by atoms with Crippen LogP contribution < -0.4 is 9.46 Å². The second-order valence-electron chi connectivity index (χ2n) is 5.07. The molecule has 0 fully saturated rings. The standard InChI is InChI=1S/C15H21N3O3S/c1-12-5-6-14(21-3)15(11-12)22(19,20)17-7-4-9-18-10-8-16-13(18)2/h5-6,8,10-11,17H,4,7,9H2,1-3H3. The van der Waals surface area contributed by atoms with Crippen LogP contribution in [0.1, 0.15) is 17.8 Å². The molecule has 0 aliphatic heterocycles. The van der Waals surface area contributed by atoms with Crippen molar-refractivity contribution in [1.82, 2.24) is 14.3 Å². The molecule has 1 aromatic heterocycles. The Morgan fingerprint density at radius 3 is 2.73 bits per heavy atom. The van der Waals surface area contributed by atoms with E-state index in [4.69, 9.17) is 4.74 Å². The highest BCUT2D eigenvalue weighted by atomic mass is 32.2. The number of sulfonamides is 1. The van der Waals surface area contributed by atoms with Crippen LogP contribution in [0, 0.1) is 13.8 Å². The predicted molar refractivity (Wildman–Crippen MR) is 84.5 cm³/mol. The molecule has 0 amide bonds. The molecule has 1 N–H and O–H groups in total. The van der Waals surface area contributed by atoms with Gasteiger partial charge in [0, 0.05) is 25.5 Å². The van der Waals surface area contributed by atoms with Crippen LogP contribution in [0.2, 0.25) is 0 Å². The average molecular weight is 323 g/mol. The number of benzene rings is 1. The van der Waals surface area contributed by atoms with Crippen molar-refractivity contribution in [2.45, 2.75) is 31.7 Å². The zero-order valence-corrected chi connectivity index (χ0v) is 13.9. The lowest BCUT2D eigenvalue weighted by atomic mass is 10.2. The summed E-state index contributed by atoms with van der Waals surface area (Å²) in [5, 5.41) is 0. The van der Waals surface area contributed by atoms with Crippen LogP contribution in [0.5, 0.6) is 5.75 Å². The summed E-state index contributed by atoms with van der Waals surface area (Å²) in [5.41, 5.74) is 0.871. The summed E-state index contributed by atoms with van der Waals surface area (Å²) in [6.07, 6.45) is 4.30. The topological polar surface area (TPSA) is 73.2 Å². The molecule has 0 saturated carbocycles. The summed E-state index contributed by atoms with van der Waals surface area (Å²) >= 11 is 0. The number of methoxy groups -OCH3 is 1. The molecule has 2 rings (SSSR count). The minimum Gasteiger partial charge on any atom is -0.495 e. The number of ether oxygens (including phenoxy) is 1. The number of aromatic nitrogens is 2. The summed E-state index contributed by atoms with van der Waals surface area (Å²) in [7, 11) is -2.11. The van der Waals surface area contributed by atoms with Gasteiger partial charge in [-0.25, -0.2) is 18.1 Å². The summed E-state index contributed by atoms with van der Waals surface area (Å²) in [4.78, 5) is 4.31. The summed E-state index contributed by atoms with van der Waals surface area (Å²) in [6.45, 7) is 4.85. The van der Waals surface area contributed by atoms with Crippen LogP contribution in [-0.2, 0) is 16.6 Å². The maximum atomic E-state index is 12.4. The molecule has 1 aromatic carbocycles. The van der Waals surface area contributed by atoms with Gasteiger partial charge in [0.1, 0.15) is 16.5 Å². The first-order chi connectivity index (χ1) is 10.4. The quantitative estimate of drug-likeness (QED) is 0.790. The fourth-order valence-corrected chi connectivity index (χ4v) is 3.49. The molecule has 120 valence electrons. The molecule has 0 unspecified atom stereocenters. The Morgan fingerprint density at radius 1 is 1.32 bits per heavy atom. The van der Waals surface area contributed by atoms with E-state index in [9.17, 15) is 8.42 Å². The van der Waals surface area contributed by atoms with E-state index in [1.165, 1.54) is 7.11 Å². The van der Waals surface area contributed by atoms with Crippen molar-refractivity contribution in [1.29, 1.82) is 0 Å². The molecule has 0 saturated heterocycles. The molecule has 6 nitrogen and oxygen atoms in total. The van der Waals surface area contributed by atoms with Gasteiger partial charge in [0.05, 0.1) is 7.11 Å². The number of aryl methyl sites for hydroxylation is 3. The molecule has 0 spiro atoms. The van der Waals surface area contributed by atoms with Crippen molar-refractivity contribution < 1.29 is 13.2 Å².